The molecule has 4 fully saturated rings. The van der Waals surface area contributed by atoms with Crippen LogP contribution in [0.2, 0.25) is 0 Å². The van der Waals surface area contributed by atoms with Crippen molar-refractivity contribution in [3.8, 4) is 0 Å². The van der Waals surface area contributed by atoms with Crippen molar-refractivity contribution in [2.45, 2.75) is 172 Å². The van der Waals surface area contributed by atoms with E-state index in [0.717, 1.165) is 55.8 Å². The van der Waals surface area contributed by atoms with Gasteiger partial charge in [-0.15, -0.1) is 0 Å². The van der Waals surface area contributed by atoms with Crippen LogP contribution >= 0.6 is 0 Å². The molecule has 0 N–H and O–H groups in total. The maximum absolute atomic E-state index is 6.86. The summed E-state index contributed by atoms with van der Waals surface area (Å²) in [5.74, 6) is 3.39. The van der Waals surface area contributed by atoms with Crippen LogP contribution in [0.4, 0.5) is 0 Å². The minimum absolute atomic E-state index is 0.176. The third-order valence-electron chi connectivity index (χ3n) is 10.5. The second-order valence-corrected chi connectivity index (χ2v) is 14.4. The van der Waals surface area contributed by atoms with E-state index in [1.54, 1.807) is 0 Å². The molecule has 0 saturated heterocycles. The lowest BCUT2D eigenvalue weighted by Gasteiger charge is -2.45. The predicted octanol–water partition coefficient (Wildman–Crippen LogP) is 8.39. The minimum Gasteiger partial charge on any atom is -0.370 e. The largest absolute Gasteiger partial charge is 0.370 e. The Morgan fingerprint density at radius 2 is 0.944 bits per heavy atom. The molecule has 5 rings (SSSR count). The molecule has 4 heteroatoms. The van der Waals surface area contributed by atoms with Gasteiger partial charge in [0.2, 0.25) is 0 Å². The molecule has 0 radical (unpaired) electrons. The maximum atomic E-state index is 6.86. The zero-order chi connectivity index (χ0) is 25.2. The zero-order valence-electron chi connectivity index (χ0n) is 23.9. The van der Waals surface area contributed by atoms with Crippen molar-refractivity contribution < 1.29 is 9.47 Å². The van der Waals surface area contributed by atoms with E-state index >= 15 is 0 Å². The second-order valence-electron chi connectivity index (χ2n) is 14.4. The Morgan fingerprint density at radius 1 is 0.528 bits per heavy atom. The maximum Gasteiger partial charge on any atom is 0.0900 e. The van der Waals surface area contributed by atoms with Gasteiger partial charge in [0.15, 0.2) is 0 Å². The molecule has 0 aromatic rings. The van der Waals surface area contributed by atoms with Crippen LogP contribution < -0.4 is 0 Å². The van der Waals surface area contributed by atoms with E-state index in [1.807, 2.05) is 0 Å². The SMILES string of the molecule is CC1(C)CC(C)(C)OC2CCC(C3CCCCC3)CC2N=C=NC2CC(C3CCCCC3)CCC2O1. The number of rotatable bonds is 2. The average molecular weight is 499 g/mol. The molecule has 1 heterocycles. The molecular formula is C32H54N2O2. The number of hydrogen-bond acceptors (Lipinski definition) is 4. The molecule has 6 unspecified atom stereocenters. The van der Waals surface area contributed by atoms with Crippen molar-refractivity contribution in [3.05, 3.63) is 0 Å². The van der Waals surface area contributed by atoms with Crippen molar-refractivity contribution in [1.82, 2.24) is 0 Å². The lowest BCUT2D eigenvalue weighted by Crippen LogP contribution is -2.48. The zero-order valence-corrected chi connectivity index (χ0v) is 23.9. The molecule has 204 valence electrons. The monoisotopic (exact) mass is 498 g/mol. The quantitative estimate of drug-likeness (QED) is 0.384. The van der Waals surface area contributed by atoms with Gasteiger partial charge in [0.05, 0.1) is 41.5 Å². The van der Waals surface area contributed by atoms with Gasteiger partial charge in [-0.3, -0.25) is 0 Å². The van der Waals surface area contributed by atoms with Crippen molar-refractivity contribution in [2.24, 2.45) is 33.7 Å². The first-order chi connectivity index (χ1) is 17.3. The van der Waals surface area contributed by atoms with Crippen LogP contribution in [0.15, 0.2) is 9.98 Å². The van der Waals surface area contributed by atoms with Gasteiger partial charge in [0.25, 0.3) is 0 Å². The first kappa shape index (κ1) is 26.9. The van der Waals surface area contributed by atoms with Crippen molar-refractivity contribution in [2.75, 3.05) is 0 Å². The summed E-state index contributed by atoms with van der Waals surface area (Å²) < 4.78 is 13.7. The first-order valence-electron chi connectivity index (χ1n) is 15.8. The van der Waals surface area contributed by atoms with Crippen molar-refractivity contribution >= 4 is 6.01 Å². The molecule has 0 aromatic carbocycles. The van der Waals surface area contributed by atoms with Crippen LogP contribution in [0.5, 0.6) is 0 Å². The fourth-order valence-corrected chi connectivity index (χ4v) is 9.02. The summed E-state index contributed by atoms with van der Waals surface area (Å²) >= 11 is 0. The van der Waals surface area contributed by atoms with Crippen LogP contribution in [0, 0.1) is 23.7 Å². The van der Waals surface area contributed by atoms with E-state index in [-0.39, 0.29) is 35.5 Å². The topological polar surface area (TPSA) is 43.2 Å². The van der Waals surface area contributed by atoms with E-state index in [0.29, 0.717) is 0 Å². The molecule has 0 bridgehead atoms. The molecule has 0 amide bonds. The molecule has 1 aliphatic heterocycles. The summed E-state index contributed by atoms with van der Waals surface area (Å²) in [4.78, 5) is 10.1. The third kappa shape index (κ3) is 6.83. The Balaban J connectivity index is 1.37. The average Bonchev–Trinajstić information content (AvgIpc) is 2.85. The molecule has 36 heavy (non-hydrogen) atoms. The fraction of sp³-hybridized carbons (Fsp3) is 0.969. The van der Waals surface area contributed by atoms with Gasteiger partial charge in [-0.2, -0.15) is 0 Å². The van der Waals surface area contributed by atoms with Crippen molar-refractivity contribution in [1.29, 1.82) is 0 Å². The predicted molar refractivity (Wildman–Crippen MR) is 148 cm³/mol. The van der Waals surface area contributed by atoms with E-state index < -0.39 is 0 Å². The standard InChI is InChI=1S/C32H54N2O2/c1-31(2)21-32(3,4)36-30-18-16-26(24-13-9-6-10-14-24)20-28(30)34-22-33-27-19-25(15-17-29(27)35-31)23-11-7-5-8-12-23/h23-30H,5-21H2,1-4H3. The Morgan fingerprint density at radius 3 is 1.36 bits per heavy atom. The Bertz CT molecular complexity index is 713. The van der Waals surface area contributed by atoms with Crippen LogP contribution in [0.3, 0.4) is 0 Å². The van der Waals surface area contributed by atoms with Gasteiger partial charge in [-0.25, -0.2) is 9.98 Å². The van der Waals surface area contributed by atoms with E-state index in [9.17, 15) is 0 Å². The van der Waals surface area contributed by atoms with Crippen LogP contribution in [-0.4, -0.2) is 41.5 Å². The number of nitrogens with zero attached hydrogens (tertiary/aromatic N) is 2. The number of fused-ring (bicyclic) bond motifs is 2. The van der Waals surface area contributed by atoms with Crippen LogP contribution in [-0.2, 0) is 9.47 Å². The lowest BCUT2D eigenvalue weighted by atomic mass is 9.71. The molecule has 5 aliphatic rings. The summed E-state index contributed by atoms with van der Waals surface area (Å²) in [5, 5.41) is 0. The lowest BCUT2D eigenvalue weighted by molar-refractivity contribution is -0.162. The van der Waals surface area contributed by atoms with E-state index in [1.165, 1.54) is 77.0 Å². The second kappa shape index (κ2) is 11.6. The van der Waals surface area contributed by atoms with Crippen molar-refractivity contribution in [3.63, 3.8) is 0 Å². The summed E-state index contributed by atoms with van der Waals surface area (Å²) in [6, 6.07) is 3.70. The molecule has 0 aromatic heterocycles. The van der Waals surface area contributed by atoms with Gasteiger partial charge in [0.1, 0.15) is 0 Å². The summed E-state index contributed by atoms with van der Waals surface area (Å²) in [5.41, 5.74) is -0.463. The molecule has 0 spiro atoms. The van der Waals surface area contributed by atoms with Gasteiger partial charge in [-0.05, 0) is 89.9 Å². The van der Waals surface area contributed by atoms with Gasteiger partial charge < -0.3 is 9.47 Å². The highest BCUT2D eigenvalue weighted by molar-refractivity contribution is 5.42. The number of aliphatic imine (C=N–C) groups is 2. The molecule has 4 saturated carbocycles. The van der Waals surface area contributed by atoms with E-state index in [4.69, 9.17) is 19.5 Å². The molecule has 6 atom stereocenters. The number of ether oxygens (including phenoxy) is 2. The highest BCUT2D eigenvalue weighted by Crippen LogP contribution is 2.44. The third-order valence-corrected chi connectivity index (χ3v) is 10.5. The molecule has 4 nitrogen and oxygen atoms in total. The van der Waals surface area contributed by atoms with E-state index in [2.05, 4.69) is 33.7 Å². The van der Waals surface area contributed by atoms with Crippen LogP contribution in [0.1, 0.15) is 137 Å². The van der Waals surface area contributed by atoms with Gasteiger partial charge in [-0.1, -0.05) is 64.2 Å². The molecular weight excluding hydrogens is 444 g/mol. The highest BCUT2D eigenvalue weighted by Gasteiger charge is 2.42. The summed E-state index contributed by atoms with van der Waals surface area (Å²) in [6.45, 7) is 9.07. The fourth-order valence-electron chi connectivity index (χ4n) is 9.02. The number of hydrogen-bond donors (Lipinski definition) is 0. The highest BCUT2D eigenvalue weighted by atomic mass is 16.5. The normalized spacial score (nSPS) is 40.4. The van der Waals surface area contributed by atoms with Gasteiger partial charge in [0, 0.05) is 6.42 Å². The summed E-state index contributed by atoms with van der Waals surface area (Å²) in [6.07, 6.45) is 22.6. The summed E-state index contributed by atoms with van der Waals surface area (Å²) in [7, 11) is 0. The minimum atomic E-state index is -0.231. The van der Waals surface area contributed by atoms with Gasteiger partial charge >= 0.3 is 0 Å². The van der Waals surface area contributed by atoms with Crippen LogP contribution in [0.25, 0.3) is 0 Å². The first-order valence-corrected chi connectivity index (χ1v) is 15.8. The molecule has 4 aliphatic carbocycles. The smallest absolute Gasteiger partial charge is 0.0900 e. The Kier molecular flexibility index (Phi) is 8.65. The Labute approximate surface area is 221 Å². The Hall–Kier alpha value is -0.700.